The molecule has 110 valence electrons. The molecular weight excluding hydrogens is 292 g/mol. The standard InChI is InChI=1S/C14H14N2O4S/c1-8(2)14(17)16-13-6-5-12(15)10-4-3-9(7-11(10)13)21(18,19)20/h3-7H,1,15H2,2H3,(H,16,17)(H,18,19,20). The monoisotopic (exact) mass is 306 g/mol. The normalized spacial score (nSPS) is 11.3. The Kier molecular flexibility index (Phi) is 3.71. The van der Waals surface area contributed by atoms with Crippen molar-refractivity contribution in [3.05, 3.63) is 42.5 Å². The second-order valence-electron chi connectivity index (χ2n) is 4.62. The number of rotatable bonds is 3. The average molecular weight is 306 g/mol. The lowest BCUT2D eigenvalue weighted by Crippen LogP contribution is -2.12. The summed E-state index contributed by atoms with van der Waals surface area (Å²) < 4.78 is 31.6. The number of anilines is 2. The van der Waals surface area contributed by atoms with Crippen LogP contribution in [0.5, 0.6) is 0 Å². The first-order valence-corrected chi connectivity index (χ1v) is 7.41. The van der Waals surface area contributed by atoms with Gasteiger partial charge in [0.25, 0.3) is 16.0 Å². The highest BCUT2D eigenvalue weighted by Gasteiger charge is 2.14. The van der Waals surface area contributed by atoms with E-state index in [1.807, 2.05) is 0 Å². The summed E-state index contributed by atoms with van der Waals surface area (Å²) in [6, 6.07) is 7.15. The fourth-order valence-electron chi connectivity index (χ4n) is 1.85. The van der Waals surface area contributed by atoms with Crippen molar-refractivity contribution in [2.45, 2.75) is 11.8 Å². The van der Waals surface area contributed by atoms with Gasteiger partial charge in [-0.25, -0.2) is 0 Å². The van der Waals surface area contributed by atoms with Crippen LogP contribution in [0.15, 0.2) is 47.4 Å². The smallest absolute Gasteiger partial charge is 0.294 e. The zero-order valence-corrected chi connectivity index (χ0v) is 12.1. The second-order valence-corrected chi connectivity index (χ2v) is 6.04. The van der Waals surface area contributed by atoms with Crippen LogP contribution in [0.2, 0.25) is 0 Å². The number of carbonyl (C=O) groups is 1. The van der Waals surface area contributed by atoms with E-state index in [4.69, 9.17) is 10.3 Å². The molecule has 2 aromatic rings. The SMILES string of the molecule is C=C(C)C(=O)Nc1ccc(N)c2ccc(S(=O)(=O)O)cc12. The summed E-state index contributed by atoms with van der Waals surface area (Å²) in [5.41, 5.74) is 6.96. The van der Waals surface area contributed by atoms with Crippen molar-refractivity contribution in [2.24, 2.45) is 0 Å². The van der Waals surface area contributed by atoms with Gasteiger partial charge in [0.1, 0.15) is 0 Å². The van der Waals surface area contributed by atoms with E-state index < -0.39 is 16.0 Å². The van der Waals surface area contributed by atoms with E-state index in [1.54, 1.807) is 19.1 Å². The minimum absolute atomic E-state index is 0.272. The Balaban J connectivity index is 2.68. The van der Waals surface area contributed by atoms with Gasteiger partial charge in [-0.05, 0) is 31.2 Å². The topological polar surface area (TPSA) is 109 Å². The molecule has 6 nitrogen and oxygen atoms in total. The number of nitrogen functional groups attached to an aromatic ring is 1. The lowest BCUT2D eigenvalue weighted by molar-refractivity contribution is -0.112. The Hall–Kier alpha value is -2.38. The maximum Gasteiger partial charge on any atom is 0.294 e. The van der Waals surface area contributed by atoms with E-state index in [1.165, 1.54) is 18.2 Å². The molecule has 2 rings (SSSR count). The Bertz CT molecular complexity index is 857. The molecule has 0 saturated heterocycles. The van der Waals surface area contributed by atoms with Gasteiger partial charge in [-0.2, -0.15) is 8.42 Å². The molecule has 4 N–H and O–H groups in total. The van der Waals surface area contributed by atoms with Crippen molar-refractivity contribution in [2.75, 3.05) is 11.1 Å². The Morgan fingerprint density at radius 3 is 2.48 bits per heavy atom. The summed E-state index contributed by atoms with van der Waals surface area (Å²) in [4.78, 5) is 11.4. The van der Waals surface area contributed by atoms with Crippen molar-refractivity contribution in [1.82, 2.24) is 0 Å². The molecule has 0 heterocycles. The number of carbonyl (C=O) groups excluding carboxylic acids is 1. The molecule has 0 aliphatic rings. The van der Waals surface area contributed by atoms with Crippen LogP contribution >= 0.6 is 0 Å². The molecule has 7 heteroatoms. The first-order valence-electron chi connectivity index (χ1n) is 5.97. The van der Waals surface area contributed by atoms with Crippen molar-refractivity contribution in [1.29, 1.82) is 0 Å². The molecule has 21 heavy (non-hydrogen) atoms. The third-order valence-corrected chi connectivity index (χ3v) is 3.81. The van der Waals surface area contributed by atoms with Crippen molar-refractivity contribution >= 4 is 38.2 Å². The van der Waals surface area contributed by atoms with Crippen LogP contribution in [-0.2, 0) is 14.9 Å². The van der Waals surface area contributed by atoms with Crippen LogP contribution in [0.1, 0.15) is 6.92 Å². The third kappa shape index (κ3) is 3.04. The maximum absolute atomic E-state index is 11.7. The molecule has 0 aliphatic carbocycles. The fourth-order valence-corrected chi connectivity index (χ4v) is 2.36. The minimum atomic E-state index is -4.34. The molecule has 0 unspecified atom stereocenters. The predicted octanol–water partition coefficient (Wildman–Crippen LogP) is 2.18. The van der Waals surface area contributed by atoms with Crippen LogP contribution in [0.25, 0.3) is 10.8 Å². The summed E-state index contributed by atoms with van der Waals surface area (Å²) in [6.45, 7) is 5.09. The van der Waals surface area contributed by atoms with Gasteiger partial charge < -0.3 is 11.1 Å². The van der Waals surface area contributed by atoms with Crippen molar-refractivity contribution in [3.63, 3.8) is 0 Å². The van der Waals surface area contributed by atoms with Crippen LogP contribution < -0.4 is 11.1 Å². The quantitative estimate of drug-likeness (QED) is 0.457. The maximum atomic E-state index is 11.7. The number of fused-ring (bicyclic) bond motifs is 1. The van der Waals surface area contributed by atoms with E-state index in [0.717, 1.165) is 0 Å². The van der Waals surface area contributed by atoms with E-state index in [0.29, 0.717) is 27.7 Å². The molecule has 0 radical (unpaired) electrons. The first-order chi connectivity index (χ1) is 9.70. The van der Waals surface area contributed by atoms with Gasteiger partial charge in [0.15, 0.2) is 0 Å². The number of benzene rings is 2. The largest absolute Gasteiger partial charge is 0.398 e. The summed E-state index contributed by atoms with van der Waals surface area (Å²) in [5, 5.41) is 3.61. The van der Waals surface area contributed by atoms with Crippen molar-refractivity contribution < 1.29 is 17.8 Å². The van der Waals surface area contributed by atoms with Gasteiger partial charge in [0.2, 0.25) is 0 Å². The molecule has 0 atom stereocenters. The van der Waals surface area contributed by atoms with Gasteiger partial charge in [0.05, 0.1) is 4.90 Å². The zero-order chi connectivity index (χ0) is 15.8. The molecule has 2 aromatic carbocycles. The Morgan fingerprint density at radius 1 is 1.24 bits per heavy atom. The highest BCUT2D eigenvalue weighted by atomic mass is 32.2. The van der Waals surface area contributed by atoms with E-state index in [9.17, 15) is 13.2 Å². The van der Waals surface area contributed by atoms with Gasteiger partial charge >= 0.3 is 0 Å². The summed E-state index contributed by atoms with van der Waals surface area (Å²) in [5.74, 6) is -0.390. The summed E-state index contributed by atoms with van der Waals surface area (Å²) in [6.07, 6.45) is 0. The van der Waals surface area contributed by atoms with E-state index in [-0.39, 0.29) is 4.90 Å². The second kappa shape index (κ2) is 5.19. The number of hydrogen-bond acceptors (Lipinski definition) is 4. The van der Waals surface area contributed by atoms with E-state index in [2.05, 4.69) is 11.9 Å². The lowest BCUT2D eigenvalue weighted by atomic mass is 10.1. The van der Waals surface area contributed by atoms with Crippen LogP contribution in [-0.4, -0.2) is 18.9 Å². The zero-order valence-electron chi connectivity index (χ0n) is 11.3. The number of nitrogens with one attached hydrogen (secondary N) is 1. The lowest BCUT2D eigenvalue weighted by Gasteiger charge is -2.11. The summed E-state index contributed by atoms with van der Waals surface area (Å²) >= 11 is 0. The number of nitrogens with two attached hydrogens (primary N) is 1. The third-order valence-electron chi connectivity index (χ3n) is 2.96. The Morgan fingerprint density at radius 2 is 1.90 bits per heavy atom. The summed E-state index contributed by atoms with van der Waals surface area (Å²) in [7, 11) is -4.34. The van der Waals surface area contributed by atoms with Crippen molar-refractivity contribution in [3.8, 4) is 0 Å². The highest BCUT2D eigenvalue weighted by Crippen LogP contribution is 2.30. The van der Waals surface area contributed by atoms with Crippen LogP contribution in [0, 0.1) is 0 Å². The van der Waals surface area contributed by atoms with Gasteiger partial charge in [-0.1, -0.05) is 12.6 Å². The van der Waals surface area contributed by atoms with Gasteiger partial charge in [-0.3, -0.25) is 9.35 Å². The number of amides is 1. The van der Waals surface area contributed by atoms with Gasteiger partial charge in [0, 0.05) is 27.7 Å². The molecular formula is C14H14N2O4S. The molecule has 1 amide bonds. The van der Waals surface area contributed by atoms with Crippen LogP contribution in [0.3, 0.4) is 0 Å². The molecule has 0 bridgehead atoms. The van der Waals surface area contributed by atoms with E-state index >= 15 is 0 Å². The predicted molar refractivity (Wildman–Crippen MR) is 81.6 cm³/mol. The molecule has 0 saturated carbocycles. The Labute approximate surface area is 122 Å². The highest BCUT2D eigenvalue weighted by molar-refractivity contribution is 7.85. The molecule has 0 aliphatic heterocycles. The first kappa shape index (κ1) is 15.0. The van der Waals surface area contributed by atoms with Gasteiger partial charge in [-0.15, -0.1) is 0 Å². The fraction of sp³-hybridized carbons (Fsp3) is 0.0714. The molecule has 0 fully saturated rings. The molecule has 0 spiro atoms. The minimum Gasteiger partial charge on any atom is -0.398 e. The number of hydrogen-bond donors (Lipinski definition) is 3. The average Bonchev–Trinajstić information content (AvgIpc) is 2.40. The molecule has 0 aromatic heterocycles. The van der Waals surface area contributed by atoms with Crippen LogP contribution in [0.4, 0.5) is 11.4 Å².